The first-order valence-corrected chi connectivity index (χ1v) is 8.84. The lowest BCUT2D eigenvalue weighted by atomic mass is 9.76. The maximum atomic E-state index is 13.5. The predicted molar refractivity (Wildman–Crippen MR) is 92.3 cm³/mol. The number of piperidine rings is 1. The Bertz CT molecular complexity index is 854. The zero-order chi connectivity index (χ0) is 18.3. The van der Waals surface area contributed by atoms with Crippen LogP contribution in [0.1, 0.15) is 29.6 Å². The maximum Gasteiger partial charge on any atom is 0.295 e. The number of nitrogens with one attached hydrogen (secondary N) is 1. The van der Waals surface area contributed by atoms with Gasteiger partial charge in [-0.25, -0.2) is 4.39 Å². The molecule has 0 radical (unpaired) electrons. The molecule has 0 aliphatic carbocycles. The molecule has 26 heavy (non-hydrogen) atoms. The number of nitrogens with zero attached hydrogens (tertiary/aromatic N) is 1. The van der Waals surface area contributed by atoms with Gasteiger partial charge in [0.15, 0.2) is 0 Å². The molecular formula is C19H21FN2O4. The van der Waals surface area contributed by atoms with Crippen LogP contribution < -0.4 is 0 Å². The minimum Gasteiger partial charge on any atom is -0.394 e. The number of hydrogen-bond donors (Lipinski definition) is 2. The lowest BCUT2D eigenvalue weighted by molar-refractivity contribution is -0.128. The largest absolute Gasteiger partial charge is 0.394 e. The first-order chi connectivity index (χ1) is 12.5. The van der Waals surface area contributed by atoms with Crippen LogP contribution in [0.4, 0.5) is 4.39 Å². The van der Waals surface area contributed by atoms with E-state index in [1.807, 2.05) is 0 Å². The molecule has 2 saturated heterocycles. The van der Waals surface area contributed by atoms with Gasteiger partial charge in [-0.2, -0.15) is 0 Å². The smallest absolute Gasteiger partial charge is 0.295 e. The Kier molecular flexibility index (Phi) is 4.28. The SMILES string of the molecule is O=C(C(=O)N1CCC2(CC1)COC(CO)C2)c1c[nH]c2ccc(F)cc12. The van der Waals surface area contributed by atoms with Crippen molar-refractivity contribution in [3.8, 4) is 0 Å². The molecule has 2 aliphatic heterocycles. The van der Waals surface area contributed by atoms with Crippen LogP contribution in [0.3, 0.4) is 0 Å². The molecule has 4 rings (SSSR count). The summed E-state index contributed by atoms with van der Waals surface area (Å²) >= 11 is 0. The number of rotatable bonds is 3. The van der Waals surface area contributed by atoms with E-state index in [1.165, 1.54) is 18.3 Å². The molecule has 138 valence electrons. The second-order valence-electron chi connectivity index (χ2n) is 7.33. The number of carbonyl (C=O) groups is 2. The molecule has 2 aromatic rings. The summed E-state index contributed by atoms with van der Waals surface area (Å²) in [5.74, 6) is -1.62. The third-order valence-corrected chi connectivity index (χ3v) is 5.68. The standard InChI is InChI=1S/C19H21FN2O4/c20-12-1-2-16-14(7-12)15(9-21-16)17(24)18(25)22-5-3-19(4-6-22)8-13(10-23)26-11-19/h1-2,7,9,13,21,23H,3-6,8,10-11H2. The van der Waals surface area contributed by atoms with E-state index in [0.717, 1.165) is 19.3 Å². The van der Waals surface area contributed by atoms with Gasteiger partial charge in [-0.05, 0) is 42.9 Å². The minimum absolute atomic E-state index is 0.00284. The van der Waals surface area contributed by atoms with Crippen molar-refractivity contribution >= 4 is 22.6 Å². The lowest BCUT2D eigenvalue weighted by Crippen LogP contribution is -2.46. The van der Waals surface area contributed by atoms with Crippen molar-refractivity contribution in [3.63, 3.8) is 0 Å². The molecule has 2 aliphatic rings. The Morgan fingerprint density at radius 1 is 1.35 bits per heavy atom. The third-order valence-electron chi connectivity index (χ3n) is 5.68. The van der Waals surface area contributed by atoms with E-state index in [2.05, 4.69) is 4.98 Å². The van der Waals surface area contributed by atoms with Gasteiger partial charge in [0.2, 0.25) is 0 Å². The van der Waals surface area contributed by atoms with Gasteiger partial charge in [-0.3, -0.25) is 9.59 Å². The highest BCUT2D eigenvalue weighted by molar-refractivity contribution is 6.44. The van der Waals surface area contributed by atoms with Gasteiger partial charge >= 0.3 is 0 Å². The second-order valence-corrected chi connectivity index (χ2v) is 7.33. The number of amides is 1. The van der Waals surface area contributed by atoms with Gasteiger partial charge in [0.25, 0.3) is 11.7 Å². The summed E-state index contributed by atoms with van der Waals surface area (Å²) in [6, 6.07) is 4.12. The average molecular weight is 360 g/mol. The van der Waals surface area contributed by atoms with Crippen molar-refractivity contribution in [2.24, 2.45) is 5.41 Å². The Labute approximate surface area is 149 Å². The van der Waals surface area contributed by atoms with E-state index in [4.69, 9.17) is 4.74 Å². The van der Waals surface area contributed by atoms with Crippen LogP contribution in [0.25, 0.3) is 10.9 Å². The topological polar surface area (TPSA) is 82.6 Å². The number of H-pyrrole nitrogens is 1. The van der Waals surface area contributed by atoms with Crippen LogP contribution in [-0.4, -0.2) is 59.1 Å². The number of aromatic nitrogens is 1. The molecule has 1 amide bonds. The minimum atomic E-state index is -0.617. The van der Waals surface area contributed by atoms with Crippen LogP contribution in [0.5, 0.6) is 0 Å². The van der Waals surface area contributed by atoms with Crippen LogP contribution in [0, 0.1) is 11.2 Å². The highest BCUT2D eigenvalue weighted by atomic mass is 19.1. The first kappa shape index (κ1) is 17.2. The maximum absolute atomic E-state index is 13.5. The van der Waals surface area contributed by atoms with Gasteiger partial charge in [-0.15, -0.1) is 0 Å². The molecule has 0 bridgehead atoms. The fraction of sp³-hybridized carbons (Fsp3) is 0.474. The molecule has 2 N–H and O–H groups in total. The average Bonchev–Trinajstić information content (AvgIpc) is 3.25. The summed E-state index contributed by atoms with van der Waals surface area (Å²) in [5.41, 5.74) is 0.824. The number of aliphatic hydroxyl groups is 1. The molecule has 7 heteroatoms. The van der Waals surface area contributed by atoms with E-state index >= 15 is 0 Å². The number of benzene rings is 1. The van der Waals surface area contributed by atoms with Gasteiger partial charge < -0.3 is 19.7 Å². The third kappa shape index (κ3) is 2.91. The van der Waals surface area contributed by atoms with Crippen LogP contribution in [0.15, 0.2) is 24.4 Å². The molecule has 1 spiro atoms. The Balaban J connectivity index is 1.46. The van der Waals surface area contributed by atoms with Crippen LogP contribution in [0.2, 0.25) is 0 Å². The zero-order valence-corrected chi connectivity index (χ0v) is 14.3. The molecule has 2 fully saturated rings. The van der Waals surface area contributed by atoms with Gasteiger partial charge in [0.05, 0.1) is 24.9 Å². The first-order valence-electron chi connectivity index (χ1n) is 8.84. The number of halogens is 1. The summed E-state index contributed by atoms with van der Waals surface area (Å²) in [6.07, 6.45) is 3.64. The van der Waals surface area contributed by atoms with E-state index in [-0.39, 0.29) is 23.7 Å². The molecule has 6 nitrogen and oxygen atoms in total. The molecule has 0 saturated carbocycles. The van der Waals surface area contributed by atoms with E-state index < -0.39 is 17.5 Å². The number of fused-ring (bicyclic) bond motifs is 1. The van der Waals surface area contributed by atoms with Gasteiger partial charge in [0.1, 0.15) is 5.82 Å². The van der Waals surface area contributed by atoms with Crippen molar-refractivity contribution in [1.29, 1.82) is 0 Å². The normalized spacial score (nSPS) is 22.2. The van der Waals surface area contributed by atoms with Gasteiger partial charge in [-0.1, -0.05) is 0 Å². The highest BCUT2D eigenvalue weighted by Crippen LogP contribution is 2.41. The lowest BCUT2D eigenvalue weighted by Gasteiger charge is -2.38. The van der Waals surface area contributed by atoms with Crippen molar-refractivity contribution in [2.75, 3.05) is 26.3 Å². The predicted octanol–water partition coefficient (Wildman–Crippen LogP) is 1.88. The summed E-state index contributed by atoms with van der Waals surface area (Å²) < 4.78 is 19.1. The van der Waals surface area contributed by atoms with Gasteiger partial charge in [0, 0.05) is 30.2 Å². The number of likely N-dealkylation sites (tertiary alicyclic amines) is 1. The number of Topliss-reactive ketones (excluding diaryl/α,β-unsaturated/α-hetero) is 1. The van der Waals surface area contributed by atoms with Crippen LogP contribution >= 0.6 is 0 Å². The van der Waals surface area contributed by atoms with Crippen molar-refractivity contribution in [3.05, 3.63) is 35.8 Å². The van der Waals surface area contributed by atoms with E-state index in [0.29, 0.717) is 30.6 Å². The van der Waals surface area contributed by atoms with Crippen molar-refractivity contribution in [2.45, 2.75) is 25.4 Å². The summed E-state index contributed by atoms with van der Waals surface area (Å²) in [7, 11) is 0. The monoisotopic (exact) mass is 360 g/mol. The molecular weight excluding hydrogens is 339 g/mol. The van der Waals surface area contributed by atoms with E-state index in [1.54, 1.807) is 11.0 Å². The number of ketones is 1. The molecule has 1 aromatic carbocycles. The number of carbonyl (C=O) groups excluding carboxylic acids is 2. The number of ether oxygens (including phenoxy) is 1. The molecule has 1 unspecified atom stereocenters. The number of hydrogen-bond acceptors (Lipinski definition) is 4. The Morgan fingerprint density at radius 2 is 2.12 bits per heavy atom. The summed E-state index contributed by atoms with van der Waals surface area (Å²) in [5, 5.41) is 9.66. The van der Waals surface area contributed by atoms with Crippen molar-refractivity contribution in [1.82, 2.24) is 9.88 Å². The molecule has 3 heterocycles. The highest BCUT2D eigenvalue weighted by Gasteiger charge is 2.43. The number of aliphatic hydroxyl groups excluding tert-OH is 1. The Hall–Kier alpha value is -2.25. The fourth-order valence-corrected chi connectivity index (χ4v) is 4.08. The van der Waals surface area contributed by atoms with Crippen LogP contribution in [-0.2, 0) is 9.53 Å². The quantitative estimate of drug-likeness (QED) is 0.647. The zero-order valence-electron chi connectivity index (χ0n) is 14.3. The summed E-state index contributed by atoms with van der Waals surface area (Å²) in [4.78, 5) is 29.8. The number of aromatic amines is 1. The fourth-order valence-electron chi connectivity index (χ4n) is 4.08. The van der Waals surface area contributed by atoms with E-state index in [9.17, 15) is 19.1 Å². The molecule has 1 aromatic heterocycles. The van der Waals surface area contributed by atoms with Crippen molar-refractivity contribution < 1.29 is 23.8 Å². The Morgan fingerprint density at radius 3 is 2.81 bits per heavy atom. The second kappa shape index (κ2) is 6.48. The molecule has 1 atom stereocenters. The summed E-state index contributed by atoms with van der Waals surface area (Å²) in [6.45, 7) is 1.58.